The fourth-order valence-electron chi connectivity index (χ4n) is 4.47. The summed E-state index contributed by atoms with van der Waals surface area (Å²) < 4.78 is 35.1. The predicted molar refractivity (Wildman–Crippen MR) is 172 cm³/mol. The Labute approximate surface area is 265 Å². The number of amides is 2. The van der Waals surface area contributed by atoms with Crippen molar-refractivity contribution in [2.45, 2.75) is 58.5 Å². The van der Waals surface area contributed by atoms with Crippen LogP contribution in [0.2, 0.25) is 10.0 Å². The van der Waals surface area contributed by atoms with Gasteiger partial charge in [-0.15, -0.1) is 0 Å². The summed E-state index contributed by atoms with van der Waals surface area (Å²) in [6.07, 6.45) is 0.303. The normalized spacial score (nSPS) is 12.1. The number of rotatable bonds is 14. The molecule has 0 saturated carbocycles. The van der Waals surface area contributed by atoms with Crippen LogP contribution in [-0.2, 0) is 26.2 Å². The number of benzene rings is 3. The number of ether oxygens (including phenoxy) is 1. The average molecular weight is 649 g/mol. The standard InChI is InChI=1S/C32H39Cl2N3O5S/c1-6-28(32(39)35-19-22(3)4)36(20-24-14-17-26(33)27(34)18-24)31(38)21-37(29-10-8-9-11-30(29)42-7-2)43(40,41)25-15-12-23(5)13-16-25/h8-18,22,28H,6-7,19-21H2,1-5H3,(H,35,39). The Kier molecular flexibility index (Phi) is 12.3. The molecular formula is C32H39Cl2N3O5S. The maximum absolute atomic E-state index is 14.3. The molecule has 232 valence electrons. The molecule has 0 saturated heterocycles. The fourth-order valence-corrected chi connectivity index (χ4v) is 6.21. The van der Waals surface area contributed by atoms with Gasteiger partial charge < -0.3 is 15.0 Å². The van der Waals surface area contributed by atoms with Gasteiger partial charge in [0.25, 0.3) is 10.0 Å². The number of para-hydroxylation sites is 2. The van der Waals surface area contributed by atoms with E-state index in [1.54, 1.807) is 68.4 Å². The van der Waals surface area contributed by atoms with Crippen LogP contribution in [0.5, 0.6) is 5.75 Å². The minimum absolute atomic E-state index is 0.00878. The minimum atomic E-state index is -4.23. The van der Waals surface area contributed by atoms with Crippen LogP contribution < -0.4 is 14.4 Å². The lowest BCUT2D eigenvalue weighted by molar-refractivity contribution is -0.140. The third-order valence-corrected chi connectivity index (χ3v) is 9.24. The molecule has 1 unspecified atom stereocenters. The second kappa shape index (κ2) is 15.5. The molecule has 1 atom stereocenters. The van der Waals surface area contributed by atoms with E-state index >= 15 is 0 Å². The molecule has 0 aromatic heterocycles. The first-order valence-electron chi connectivity index (χ1n) is 14.2. The Morgan fingerprint density at radius 3 is 2.23 bits per heavy atom. The first kappa shape index (κ1) is 34.2. The van der Waals surface area contributed by atoms with E-state index in [2.05, 4.69) is 5.32 Å². The molecule has 8 nitrogen and oxygen atoms in total. The number of anilines is 1. The lowest BCUT2D eigenvalue weighted by Crippen LogP contribution is -2.52. The zero-order valence-corrected chi connectivity index (χ0v) is 27.5. The Morgan fingerprint density at radius 2 is 1.63 bits per heavy atom. The molecule has 0 spiro atoms. The number of nitrogens with one attached hydrogen (secondary N) is 1. The third-order valence-electron chi connectivity index (χ3n) is 6.73. The van der Waals surface area contributed by atoms with Gasteiger partial charge in [0.2, 0.25) is 11.8 Å². The molecule has 43 heavy (non-hydrogen) atoms. The van der Waals surface area contributed by atoms with Gasteiger partial charge in [-0.1, -0.05) is 79.9 Å². The smallest absolute Gasteiger partial charge is 0.264 e. The largest absolute Gasteiger partial charge is 0.492 e. The molecule has 0 aliphatic carbocycles. The van der Waals surface area contributed by atoms with Gasteiger partial charge in [-0.05, 0) is 68.1 Å². The number of sulfonamides is 1. The maximum atomic E-state index is 14.3. The van der Waals surface area contributed by atoms with Crippen LogP contribution in [0.4, 0.5) is 5.69 Å². The van der Waals surface area contributed by atoms with Crippen molar-refractivity contribution in [3.8, 4) is 5.75 Å². The summed E-state index contributed by atoms with van der Waals surface area (Å²) in [5.74, 6) is -0.385. The van der Waals surface area contributed by atoms with E-state index in [9.17, 15) is 18.0 Å². The van der Waals surface area contributed by atoms with E-state index in [0.717, 1.165) is 9.87 Å². The van der Waals surface area contributed by atoms with Crippen LogP contribution in [-0.4, -0.2) is 50.9 Å². The molecule has 0 aliphatic heterocycles. The number of halogens is 2. The molecule has 0 aliphatic rings. The first-order valence-corrected chi connectivity index (χ1v) is 16.4. The highest BCUT2D eigenvalue weighted by atomic mass is 35.5. The summed E-state index contributed by atoms with van der Waals surface area (Å²) in [5, 5.41) is 3.57. The van der Waals surface area contributed by atoms with Crippen LogP contribution in [0.25, 0.3) is 0 Å². The molecule has 3 aromatic carbocycles. The van der Waals surface area contributed by atoms with Gasteiger partial charge >= 0.3 is 0 Å². The Hall–Kier alpha value is -3.27. The monoisotopic (exact) mass is 647 g/mol. The molecule has 0 radical (unpaired) electrons. The molecular weight excluding hydrogens is 609 g/mol. The van der Waals surface area contributed by atoms with Crippen molar-refractivity contribution < 1.29 is 22.7 Å². The lowest BCUT2D eigenvalue weighted by atomic mass is 10.1. The summed E-state index contributed by atoms with van der Waals surface area (Å²) >= 11 is 12.4. The van der Waals surface area contributed by atoms with Crippen molar-refractivity contribution in [1.82, 2.24) is 10.2 Å². The molecule has 1 N–H and O–H groups in total. The summed E-state index contributed by atoms with van der Waals surface area (Å²) in [7, 11) is -4.23. The quantitative estimate of drug-likeness (QED) is 0.216. The van der Waals surface area contributed by atoms with E-state index < -0.39 is 28.5 Å². The molecule has 11 heteroatoms. The first-order chi connectivity index (χ1) is 20.4. The predicted octanol–water partition coefficient (Wildman–Crippen LogP) is 6.48. The molecule has 3 aromatic rings. The topological polar surface area (TPSA) is 96.0 Å². The van der Waals surface area contributed by atoms with Crippen molar-refractivity contribution in [3.05, 3.63) is 87.9 Å². The fraction of sp³-hybridized carbons (Fsp3) is 0.375. The zero-order chi connectivity index (χ0) is 31.7. The average Bonchev–Trinajstić information content (AvgIpc) is 2.97. The molecule has 3 rings (SSSR count). The van der Waals surface area contributed by atoms with Crippen LogP contribution in [0.1, 0.15) is 45.2 Å². The van der Waals surface area contributed by atoms with Crippen LogP contribution in [0.3, 0.4) is 0 Å². The van der Waals surface area contributed by atoms with Crippen molar-refractivity contribution in [2.75, 3.05) is 24.0 Å². The zero-order valence-electron chi connectivity index (χ0n) is 25.1. The molecule has 0 bridgehead atoms. The van der Waals surface area contributed by atoms with Crippen LogP contribution in [0.15, 0.2) is 71.6 Å². The highest BCUT2D eigenvalue weighted by Crippen LogP contribution is 2.33. The minimum Gasteiger partial charge on any atom is -0.492 e. The summed E-state index contributed by atoms with van der Waals surface area (Å²) in [5.41, 5.74) is 1.74. The maximum Gasteiger partial charge on any atom is 0.264 e. The highest BCUT2D eigenvalue weighted by molar-refractivity contribution is 7.92. The van der Waals surface area contributed by atoms with Gasteiger partial charge in [0.05, 0.1) is 27.2 Å². The molecule has 0 heterocycles. The number of carbonyl (C=O) groups excluding carboxylic acids is 2. The van der Waals surface area contributed by atoms with Gasteiger partial charge in [-0.25, -0.2) is 8.42 Å². The van der Waals surface area contributed by atoms with Crippen LogP contribution in [0, 0.1) is 12.8 Å². The Bertz CT molecular complexity index is 1510. The van der Waals surface area contributed by atoms with E-state index in [4.69, 9.17) is 27.9 Å². The van der Waals surface area contributed by atoms with Crippen molar-refractivity contribution in [2.24, 2.45) is 5.92 Å². The second-order valence-electron chi connectivity index (χ2n) is 10.6. The van der Waals surface area contributed by atoms with E-state index in [1.165, 1.54) is 17.0 Å². The van der Waals surface area contributed by atoms with Crippen molar-refractivity contribution in [3.63, 3.8) is 0 Å². The SMILES string of the molecule is CCOc1ccccc1N(CC(=O)N(Cc1ccc(Cl)c(Cl)c1)C(CC)C(=O)NCC(C)C)S(=O)(=O)c1ccc(C)cc1. The van der Waals surface area contributed by atoms with E-state index in [0.29, 0.717) is 40.9 Å². The summed E-state index contributed by atoms with van der Waals surface area (Å²) in [4.78, 5) is 29.1. The van der Waals surface area contributed by atoms with E-state index in [-0.39, 0.29) is 29.0 Å². The van der Waals surface area contributed by atoms with Gasteiger partial charge in [0.1, 0.15) is 18.3 Å². The molecule has 0 fully saturated rings. The van der Waals surface area contributed by atoms with Crippen molar-refractivity contribution >= 4 is 50.7 Å². The van der Waals surface area contributed by atoms with Crippen LogP contribution >= 0.6 is 23.2 Å². The van der Waals surface area contributed by atoms with Gasteiger partial charge in [-0.2, -0.15) is 0 Å². The number of hydrogen-bond donors (Lipinski definition) is 1. The lowest BCUT2D eigenvalue weighted by Gasteiger charge is -2.33. The van der Waals surface area contributed by atoms with E-state index in [1.807, 2.05) is 20.8 Å². The number of hydrogen-bond acceptors (Lipinski definition) is 5. The summed E-state index contributed by atoms with van der Waals surface area (Å²) in [6.45, 7) is 9.57. The third kappa shape index (κ3) is 8.87. The second-order valence-corrected chi connectivity index (χ2v) is 13.2. The van der Waals surface area contributed by atoms with Gasteiger partial charge in [0.15, 0.2) is 0 Å². The number of aryl methyl sites for hydroxylation is 1. The van der Waals surface area contributed by atoms with Gasteiger partial charge in [-0.3, -0.25) is 13.9 Å². The number of carbonyl (C=O) groups is 2. The Morgan fingerprint density at radius 1 is 0.953 bits per heavy atom. The Balaban J connectivity index is 2.11. The molecule has 2 amide bonds. The van der Waals surface area contributed by atoms with Gasteiger partial charge in [0, 0.05) is 13.1 Å². The summed E-state index contributed by atoms with van der Waals surface area (Å²) in [6, 6.07) is 17.2. The van der Waals surface area contributed by atoms with Crippen molar-refractivity contribution in [1.29, 1.82) is 0 Å². The number of nitrogens with zero attached hydrogens (tertiary/aromatic N) is 2. The highest BCUT2D eigenvalue weighted by Gasteiger charge is 2.34.